The largest absolute Gasteiger partial charge is 0.462 e. The second-order valence-corrected chi connectivity index (χ2v) is 6.69. The number of ether oxygens (including phenoxy) is 2. The molecule has 31 heavy (non-hydrogen) atoms. The Morgan fingerprint density at radius 3 is 2.10 bits per heavy atom. The van der Waals surface area contributed by atoms with E-state index < -0.39 is 24.5 Å². The molecule has 0 saturated carbocycles. The summed E-state index contributed by atoms with van der Waals surface area (Å²) in [5, 5.41) is 5.31. The van der Waals surface area contributed by atoms with Crippen molar-refractivity contribution in [2.75, 3.05) is 23.8 Å². The van der Waals surface area contributed by atoms with Crippen molar-refractivity contribution in [3.05, 3.63) is 60.2 Å². The Kier molecular flexibility index (Phi) is 9.74. The molecule has 0 aliphatic carbocycles. The molecule has 2 aromatic carbocycles. The van der Waals surface area contributed by atoms with Crippen LogP contribution in [0.4, 0.5) is 11.4 Å². The van der Waals surface area contributed by atoms with Crippen LogP contribution in [0.1, 0.15) is 43.0 Å². The third-order valence-electron chi connectivity index (χ3n) is 4.05. The van der Waals surface area contributed by atoms with Gasteiger partial charge in [-0.3, -0.25) is 14.4 Å². The van der Waals surface area contributed by atoms with Gasteiger partial charge in [0, 0.05) is 24.2 Å². The maximum absolute atomic E-state index is 11.9. The van der Waals surface area contributed by atoms with Gasteiger partial charge < -0.3 is 20.1 Å². The number of para-hydroxylation sites is 1. The Morgan fingerprint density at radius 2 is 1.42 bits per heavy atom. The quantitative estimate of drug-likeness (QED) is 0.532. The van der Waals surface area contributed by atoms with Crippen LogP contribution in [0.25, 0.3) is 0 Å². The molecule has 2 N–H and O–H groups in total. The smallest absolute Gasteiger partial charge is 0.338 e. The lowest BCUT2D eigenvalue weighted by molar-refractivity contribution is -0.147. The van der Waals surface area contributed by atoms with Gasteiger partial charge in [0.2, 0.25) is 5.91 Å². The predicted molar refractivity (Wildman–Crippen MR) is 116 cm³/mol. The molecule has 2 rings (SSSR count). The van der Waals surface area contributed by atoms with Crippen LogP contribution in [-0.2, 0) is 23.9 Å². The summed E-state index contributed by atoms with van der Waals surface area (Å²) in [5.41, 5.74) is 1.54. The van der Waals surface area contributed by atoms with Crippen LogP contribution in [0.15, 0.2) is 54.6 Å². The van der Waals surface area contributed by atoms with Crippen molar-refractivity contribution >= 4 is 35.1 Å². The molecule has 0 fully saturated rings. The van der Waals surface area contributed by atoms with Gasteiger partial charge in [-0.2, -0.15) is 0 Å². The highest BCUT2D eigenvalue weighted by Gasteiger charge is 2.11. The lowest BCUT2D eigenvalue weighted by atomic mass is 10.2. The van der Waals surface area contributed by atoms with Gasteiger partial charge in [0.25, 0.3) is 5.91 Å². The molecule has 0 heterocycles. The average molecular weight is 426 g/mol. The van der Waals surface area contributed by atoms with Crippen LogP contribution in [-0.4, -0.2) is 37.0 Å². The number of anilines is 2. The van der Waals surface area contributed by atoms with Crippen molar-refractivity contribution in [2.45, 2.75) is 32.6 Å². The van der Waals surface area contributed by atoms with E-state index in [9.17, 15) is 19.2 Å². The van der Waals surface area contributed by atoms with Crippen molar-refractivity contribution in [1.82, 2.24) is 0 Å². The van der Waals surface area contributed by atoms with Gasteiger partial charge in [0.1, 0.15) is 0 Å². The second-order valence-electron chi connectivity index (χ2n) is 6.69. The number of carbonyl (C=O) groups excluding carboxylic acids is 4. The zero-order valence-corrected chi connectivity index (χ0v) is 17.4. The standard InChI is InChI=1S/C23H26N2O6/c1-2-15-30-23(29)17-11-13-19(14-12-17)25-21(27)16-31-22(28)10-6-9-20(26)24-18-7-4-3-5-8-18/h3-5,7-8,11-14H,2,6,9-10,15-16H2,1H3,(H,24,26)(H,25,27). The Bertz CT molecular complexity index is 881. The Morgan fingerprint density at radius 1 is 0.774 bits per heavy atom. The first-order valence-corrected chi connectivity index (χ1v) is 10.1. The first-order chi connectivity index (χ1) is 15.0. The highest BCUT2D eigenvalue weighted by atomic mass is 16.5. The van der Waals surface area contributed by atoms with E-state index in [-0.39, 0.29) is 18.7 Å². The minimum absolute atomic E-state index is 0.0318. The summed E-state index contributed by atoms with van der Waals surface area (Å²) in [5.74, 6) is -1.68. The van der Waals surface area contributed by atoms with Gasteiger partial charge >= 0.3 is 11.9 Å². The number of rotatable bonds is 11. The zero-order valence-electron chi connectivity index (χ0n) is 17.4. The minimum atomic E-state index is -0.559. The highest BCUT2D eigenvalue weighted by Crippen LogP contribution is 2.11. The van der Waals surface area contributed by atoms with Crippen LogP contribution in [0.5, 0.6) is 0 Å². The van der Waals surface area contributed by atoms with E-state index in [4.69, 9.17) is 9.47 Å². The van der Waals surface area contributed by atoms with E-state index >= 15 is 0 Å². The van der Waals surface area contributed by atoms with Crippen LogP contribution < -0.4 is 10.6 Å². The molecule has 0 radical (unpaired) electrons. The Balaban J connectivity index is 1.63. The van der Waals surface area contributed by atoms with Crippen molar-refractivity contribution < 1.29 is 28.7 Å². The molecule has 0 aromatic heterocycles. The van der Waals surface area contributed by atoms with E-state index in [1.807, 2.05) is 25.1 Å². The SMILES string of the molecule is CCCOC(=O)c1ccc(NC(=O)COC(=O)CCCC(=O)Nc2ccccc2)cc1. The number of hydrogen-bond donors (Lipinski definition) is 2. The number of hydrogen-bond acceptors (Lipinski definition) is 6. The molecule has 0 bridgehead atoms. The highest BCUT2D eigenvalue weighted by molar-refractivity contribution is 5.94. The fourth-order valence-corrected chi connectivity index (χ4v) is 2.52. The summed E-state index contributed by atoms with van der Waals surface area (Å²) in [7, 11) is 0. The van der Waals surface area contributed by atoms with Crippen molar-refractivity contribution in [3.63, 3.8) is 0 Å². The lowest BCUT2D eigenvalue weighted by Gasteiger charge is -2.08. The fraction of sp³-hybridized carbons (Fsp3) is 0.304. The molecule has 0 atom stereocenters. The Labute approximate surface area is 180 Å². The van der Waals surface area contributed by atoms with Crippen molar-refractivity contribution in [3.8, 4) is 0 Å². The van der Waals surface area contributed by atoms with E-state index in [1.165, 1.54) is 0 Å². The van der Waals surface area contributed by atoms with E-state index in [2.05, 4.69) is 10.6 Å². The maximum Gasteiger partial charge on any atom is 0.338 e. The zero-order chi connectivity index (χ0) is 22.5. The van der Waals surface area contributed by atoms with E-state index in [0.29, 0.717) is 30.0 Å². The molecular formula is C23H26N2O6. The van der Waals surface area contributed by atoms with Gasteiger partial charge in [-0.1, -0.05) is 25.1 Å². The van der Waals surface area contributed by atoms with Crippen LogP contribution >= 0.6 is 0 Å². The number of amides is 2. The van der Waals surface area contributed by atoms with Crippen molar-refractivity contribution in [1.29, 1.82) is 0 Å². The van der Waals surface area contributed by atoms with Gasteiger partial charge in [-0.25, -0.2) is 4.79 Å². The fourth-order valence-electron chi connectivity index (χ4n) is 2.52. The van der Waals surface area contributed by atoms with Crippen molar-refractivity contribution in [2.24, 2.45) is 0 Å². The minimum Gasteiger partial charge on any atom is -0.462 e. The van der Waals surface area contributed by atoms with Crippen LogP contribution in [0.2, 0.25) is 0 Å². The molecule has 0 spiro atoms. The normalized spacial score (nSPS) is 10.1. The summed E-state index contributed by atoms with van der Waals surface area (Å²) in [6.07, 6.45) is 1.25. The van der Waals surface area contributed by atoms with Gasteiger partial charge in [0.05, 0.1) is 12.2 Å². The molecule has 2 aromatic rings. The maximum atomic E-state index is 11.9. The summed E-state index contributed by atoms with van der Waals surface area (Å²) < 4.78 is 9.96. The van der Waals surface area contributed by atoms with Gasteiger partial charge in [0.15, 0.2) is 6.61 Å². The molecule has 164 valence electrons. The molecule has 0 aliphatic rings. The first-order valence-electron chi connectivity index (χ1n) is 10.1. The first kappa shape index (κ1) is 23.6. The van der Waals surface area contributed by atoms with Crippen LogP contribution in [0.3, 0.4) is 0 Å². The number of esters is 2. The molecule has 8 heteroatoms. The van der Waals surface area contributed by atoms with Gasteiger partial charge in [-0.05, 0) is 49.2 Å². The number of nitrogens with one attached hydrogen (secondary N) is 2. The average Bonchev–Trinajstić information content (AvgIpc) is 2.77. The van der Waals surface area contributed by atoms with Crippen LogP contribution in [0, 0.1) is 0 Å². The molecule has 0 aliphatic heterocycles. The molecule has 0 saturated heterocycles. The number of carbonyl (C=O) groups is 4. The summed E-state index contributed by atoms with van der Waals surface area (Å²) in [6.45, 7) is 1.82. The van der Waals surface area contributed by atoms with E-state index in [1.54, 1.807) is 36.4 Å². The number of benzene rings is 2. The lowest BCUT2D eigenvalue weighted by Crippen LogP contribution is -2.21. The van der Waals surface area contributed by atoms with E-state index in [0.717, 1.165) is 6.42 Å². The summed E-state index contributed by atoms with van der Waals surface area (Å²) in [4.78, 5) is 47.2. The summed E-state index contributed by atoms with van der Waals surface area (Å²) in [6, 6.07) is 15.2. The molecule has 8 nitrogen and oxygen atoms in total. The van der Waals surface area contributed by atoms with Gasteiger partial charge in [-0.15, -0.1) is 0 Å². The predicted octanol–water partition coefficient (Wildman–Crippen LogP) is 3.54. The third-order valence-corrected chi connectivity index (χ3v) is 4.05. The third kappa shape index (κ3) is 9.12. The molecule has 2 amide bonds. The molecular weight excluding hydrogens is 400 g/mol. The second kappa shape index (κ2) is 12.8. The molecule has 0 unspecified atom stereocenters. The topological polar surface area (TPSA) is 111 Å². The summed E-state index contributed by atoms with van der Waals surface area (Å²) >= 11 is 0. The Hall–Kier alpha value is -3.68. The monoisotopic (exact) mass is 426 g/mol.